The molecular formula is C27H34N4O9S. The number of likely N-dealkylation sites (tertiary alicyclic amines) is 1. The highest BCUT2D eigenvalue weighted by molar-refractivity contribution is 7.92. The highest BCUT2D eigenvalue weighted by atomic mass is 32.2. The van der Waals surface area contributed by atoms with Gasteiger partial charge in [-0.05, 0) is 70.4 Å². The number of phenols is 1. The van der Waals surface area contributed by atoms with Crippen LogP contribution in [-0.4, -0.2) is 107 Å². The van der Waals surface area contributed by atoms with Crippen molar-refractivity contribution in [2.75, 3.05) is 44.2 Å². The zero-order valence-electron chi connectivity index (χ0n) is 22.8. The van der Waals surface area contributed by atoms with E-state index < -0.39 is 73.8 Å². The smallest absolute Gasteiger partial charge is 0.255 e. The van der Waals surface area contributed by atoms with Gasteiger partial charge in [0.1, 0.15) is 22.8 Å². The summed E-state index contributed by atoms with van der Waals surface area (Å²) in [5.74, 6) is -7.61. The number of aliphatic hydroxyl groups is 3. The molecule has 3 aliphatic carbocycles. The van der Waals surface area contributed by atoms with E-state index in [0.717, 1.165) is 32.0 Å². The summed E-state index contributed by atoms with van der Waals surface area (Å²) in [6.45, 7) is 2.06. The van der Waals surface area contributed by atoms with Gasteiger partial charge in [0, 0.05) is 24.1 Å². The molecule has 0 unspecified atom stereocenters. The number of ketones is 2. The molecule has 4 atom stereocenters. The molecule has 4 aliphatic rings. The number of nitrogens with zero attached hydrogens (tertiary/aromatic N) is 2. The van der Waals surface area contributed by atoms with Crippen LogP contribution in [0.2, 0.25) is 0 Å². The summed E-state index contributed by atoms with van der Waals surface area (Å²) in [6, 6.07) is 1.41. The van der Waals surface area contributed by atoms with E-state index in [2.05, 4.69) is 9.62 Å². The number of anilines is 1. The van der Waals surface area contributed by atoms with Gasteiger partial charge < -0.3 is 31.1 Å². The number of nitrogens with one attached hydrogen (secondary N) is 1. The monoisotopic (exact) mass is 590 g/mol. The van der Waals surface area contributed by atoms with E-state index in [0.29, 0.717) is 12.1 Å². The highest BCUT2D eigenvalue weighted by Gasteiger charge is 2.64. The molecule has 0 radical (unpaired) electrons. The van der Waals surface area contributed by atoms with Crippen molar-refractivity contribution in [3.63, 3.8) is 0 Å². The second kappa shape index (κ2) is 10.1. The van der Waals surface area contributed by atoms with Gasteiger partial charge in [-0.25, -0.2) is 8.42 Å². The Labute approximate surface area is 237 Å². The number of sulfonamides is 1. The van der Waals surface area contributed by atoms with Crippen molar-refractivity contribution in [2.24, 2.45) is 17.6 Å². The van der Waals surface area contributed by atoms with E-state index in [-0.39, 0.29) is 35.4 Å². The first-order valence-electron chi connectivity index (χ1n) is 13.4. The first kappa shape index (κ1) is 29.0. The summed E-state index contributed by atoms with van der Waals surface area (Å²) < 4.78 is 28.0. The van der Waals surface area contributed by atoms with Gasteiger partial charge in [0.15, 0.2) is 11.4 Å². The van der Waals surface area contributed by atoms with Crippen molar-refractivity contribution in [3.8, 4) is 5.75 Å². The van der Waals surface area contributed by atoms with E-state index in [1.165, 1.54) is 25.1 Å². The van der Waals surface area contributed by atoms with Crippen molar-refractivity contribution in [3.05, 3.63) is 40.2 Å². The number of primary amides is 1. The SMILES string of the molecule is CN(C)[C@@H]1C(=O)C(C(N)=O)=C(O)[C@@]2(O)C(=O)C3=C(O)c4c(O)cc(NS(=O)(=O)CCN5CCCC5)cc4C[C@H]3C[C@@H]12. The van der Waals surface area contributed by atoms with Gasteiger partial charge in [-0.1, -0.05) is 0 Å². The van der Waals surface area contributed by atoms with Crippen LogP contribution in [0.3, 0.4) is 0 Å². The number of rotatable bonds is 7. The lowest BCUT2D eigenvalue weighted by molar-refractivity contribution is -0.153. The molecule has 2 fully saturated rings. The Balaban J connectivity index is 1.52. The molecule has 0 aromatic heterocycles. The number of phenolic OH excluding ortho intramolecular Hbond substituents is 1. The van der Waals surface area contributed by atoms with Crippen molar-refractivity contribution >= 4 is 38.9 Å². The van der Waals surface area contributed by atoms with Crippen molar-refractivity contribution in [2.45, 2.75) is 37.3 Å². The predicted octanol–water partition coefficient (Wildman–Crippen LogP) is -0.198. The van der Waals surface area contributed by atoms with Crippen LogP contribution in [0.5, 0.6) is 5.75 Å². The number of nitrogens with two attached hydrogens (primary N) is 1. The number of aliphatic hydroxyl groups excluding tert-OH is 2. The molecule has 1 heterocycles. The summed E-state index contributed by atoms with van der Waals surface area (Å²) in [6.07, 6.45) is 2.06. The van der Waals surface area contributed by atoms with Crippen LogP contribution >= 0.6 is 0 Å². The molecular weight excluding hydrogens is 556 g/mol. The summed E-state index contributed by atoms with van der Waals surface area (Å²) in [4.78, 5) is 42.5. The molecule has 0 bridgehead atoms. The Bertz CT molecular complexity index is 1510. The summed E-state index contributed by atoms with van der Waals surface area (Å²) in [7, 11) is -0.712. The molecule has 1 aromatic carbocycles. The summed E-state index contributed by atoms with van der Waals surface area (Å²) >= 11 is 0. The van der Waals surface area contributed by atoms with Gasteiger partial charge in [-0.2, -0.15) is 0 Å². The van der Waals surface area contributed by atoms with Crippen LogP contribution in [0.25, 0.3) is 5.76 Å². The second-order valence-electron chi connectivity index (χ2n) is 11.5. The predicted molar refractivity (Wildman–Crippen MR) is 147 cm³/mol. The zero-order valence-corrected chi connectivity index (χ0v) is 23.6. The van der Waals surface area contributed by atoms with Crippen LogP contribution in [0.15, 0.2) is 29.0 Å². The summed E-state index contributed by atoms with van der Waals surface area (Å²) in [5, 5.41) is 44.5. The number of carbonyl (C=O) groups is 3. The molecule has 7 N–H and O–H groups in total. The lowest BCUT2D eigenvalue weighted by Gasteiger charge is -2.50. The van der Waals surface area contributed by atoms with Crippen LogP contribution < -0.4 is 10.5 Å². The Kier molecular flexibility index (Phi) is 7.17. The van der Waals surface area contributed by atoms with E-state index in [9.17, 15) is 43.2 Å². The standard InChI is InChI=1S/C27H34N4O9S/c1-30(2)21-16-11-14-9-13-10-15(29-41(39,40)8-7-31-5-3-4-6-31)12-17(32)18(13)22(33)19(14)24(35)27(16,38)25(36)20(23(21)34)26(28)37/h10,12,14,16,21,29,32-33,36,38H,3-9,11H2,1-2H3,(H2,28,37)/t14-,16-,21-,27-/m0/s1. The average Bonchev–Trinajstić information content (AvgIpc) is 3.38. The number of fused-ring (bicyclic) bond motifs is 3. The molecule has 1 aliphatic heterocycles. The number of likely N-dealkylation sites (N-methyl/N-ethyl adjacent to an activating group) is 1. The van der Waals surface area contributed by atoms with Crippen molar-refractivity contribution < 1.29 is 43.2 Å². The molecule has 1 aromatic rings. The van der Waals surface area contributed by atoms with Crippen LogP contribution in [0.4, 0.5) is 5.69 Å². The Hall–Kier alpha value is -3.46. The summed E-state index contributed by atoms with van der Waals surface area (Å²) in [5.41, 5.74) is 1.79. The fourth-order valence-electron chi connectivity index (χ4n) is 6.82. The molecule has 13 nitrogen and oxygen atoms in total. The number of Topliss-reactive ketones (excluding diaryl/α,β-unsaturated/α-hetero) is 2. The zero-order chi connectivity index (χ0) is 30.0. The molecule has 1 saturated heterocycles. The lowest BCUT2D eigenvalue weighted by Crippen LogP contribution is -2.65. The van der Waals surface area contributed by atoms with Gasteiger partial charge in [-0.3, -0.25) is 24.0 Å². The van der Waals surface area contributed by atoms with Gasteiger partial charge in [0.2, 0.25) is 15.8 Å². The Morgan fingerprint density at radius 3 is 2.44 bits per heavy atom. The largest absolute Gasteiger partial charge is 0.508 e. The highest BCUT2D eigenvalue weighted by Crippen LogP contribution is 2.52. The third kappa shape index (κ3) is 4.68. The van der Waals surface area contributed by atoms with E-state index >= 15 is 0 Å². The normalized spacial score (nSPS) is 28.5. The molecule has 222 valence electrons. The van der Waals surface area contributed by atoms with E-state index in [4.69, 9.17) is 5.73 Å². The quantitative estimate of drug-likeness (QED) is 0.229. The number of hydrogen-bond acceptors (Lipinski definition) is 11. The van der Waals surface area contributed by atoms with E-state index in [1.54, 1.807) is 0 Å². The molecule has 5 rings (SSSR count). The molecule has 1 amide bonds. The third-order valence-electron chi connectivity index (χ3n) is 8.68. The Morgan fingerprint density at radius 1 is 1.17 bits per heavy atom. The van der Waals surface area contributed by atoms with Crippen LogP contribution in [-0.2, 0) is 30.8 Å². The van der Waals surface area contributed by atoms with Gasteiger partial charge in [0.05, 0.1) is 23.0 Å². The minimum absolute atomic E-state index is 0.0572. The number of benzene rings is 1. The maximum absolute atomic E-state index is 13.8. The lowest BCUT2D eigenvalue weighted by atomic mass is 9.57. The molecule has 0 spiro atoms. The molecule has 14 heteroatoms. The van der Waals surface area contributed by atoms with E-state index in [1.807, 2.05) is 0 Å². The topological polar surface area (TPSA) is 211 Å². The second-order valence-corrected chi connectivity index (χ2v) is 13.3. The number of amides is 1. The van der Waals surface area contributed by atoms with Crippen LogP contribution in [0.1, 0.15) is 30.4 Å². The maximum Gasteiger partial charge on any atom is 0.255 e. The fraction of sp³-hybridized carbons (Fsp3) is 0.519. The number of carbonyl (C=O) groups excluding carboxylic acids is 3. The fourth-order valence-corrected chi connectivity index (χ4v) is 7.89. The van der Waals surface area contributed by atoms with Crippen LogP contribution in [0, 0.1) is 11.8 Å². The van der Waals surface area contributed by atoms with Crippen molar-refractivity contribution in [1.82, 2.24) is 9.80 Å². The number of aromatic hydroxyl groups is 1. The Morgan fingerprint density at radius 2 is 1.83 bits per heavy atom. The average molecular weight is 591 g/mol. The first-order valence-corrected chi connectivity index (χ1v) is 15.1. The first-order chi connectivity index (χ1) is 19.2. The maximum atomic E-state index is 13.8. The third-order valence-corrected chi connectivity index (χ3v) is 9.94. The molecule has 1 saturated carbocycles. The van der Waals surface area contributed by atoms with Gasteiger partial charge in [-0.15, -0.1) is 0 Å². The minimum Gasteiger partial charge on any atom is -0.508 e. The molecule has 41 heavy (non-hydrogen) atoms. The number of hydrogen-bond donors (Lipinski definition) is 6. The van der Waals surface area contributed by atoms with Crippen molar-refractivity contribution in [1.29, 1.82) is 0 Å². The van der Waals surface area contributed by atoms with Gasteiger partial charge >= 0.3 is 0 Å². The van der Waals surface area contributed by atoms with Gasteiger partial charge in [0.25, 0.3) is 5.91 Å². The minimum atomic E-state index is -3.75.